The molecule has 26 nitrogen and oxygen atoms in total. The fourth-order valence-electron chi connectivity index (χ4n) is 8.15. The number of aryl methyl sites for hydroxylation is 4. The summed E-state index contributed by atoms with van der Waals surface area (Å²) < 4.78 is 31.5. The lowest BCUT2D eigenvalue weighted by atomic mass is 10.1. The number of carbonyl (C=O) groups excluding carboxylic acids is 1. The number of hydrogen-bond acceptors (Lipinski definition) is 19. The number of alkyl halides is 1. The molecule has 0 amide bonds. The number of aromatic amines is 5. The number of rotatable bonds is 11. The Morgan fingerprint density at radius 3 is 1.44 bits per heavy atom. The van der Waals surface area contributed by atoms with E-state index in [1.165, 1.54) is 30.6 Å². The third-order valence-electron chi connectivity index (χ3n) is 13.0. The number of H-pyrrole nitrogens is 5. The molecule has 0 bridgehead atoms. The number of carboxylic acids is 1. The number of carboxylic acid groups (broad SMARTS) is 1. The quantitative estimate of drug-likeness (QED) is 0.0143. The van der Waals surface area contributed by atoms with Gasteiger partial charge in [-0.3, -0.25) is 31.8 Å². The summed E-state index contributed by atoms with van der Waals surface area (Å²) in [6, 6.07) is 28.7. The second-order valence-corrected chi connectivity index (χ2v) is 21.1. The summed E-state index contributed by atoms with van der Waals surface area (Å²) in [6.07, 6.45) is 5.57. The van der Waals surface area contributed by atoms with Crippen LogP contribution in [0.4, 0.5) is 26.2 Å². The van der Waals surface area contributed by atoms with Gasteiger partial charge >= 0.3 is 5.97 Å². The van der Waals surface area contributed by atoms with E-state index in [1.54, 1.807) is 25.1 Å². The first-order valence-electron chi connectivity index (χ1n) is 28.2. The van der Waals surface area contributed by atoms with E-state index in [4.69, 9.17) is 89.2 Å². The van der Waals surface area contributed by atoms with Crippen LogP contribution < -0.4 is 34.6 Å². The van der Waals surface area contributed by atoms with Gasteiger partial charge < -0.3 is 52.5 Å². The van der Waals surface area contributed by atoms with Gasteiger partial charge in [0.2, 0.25) is 0 Å². The van der Waals surface area contributed by atoms with Gasteiger partial charge in [-0.2, -0.15) is 15.6 Å². The van der Waals surface area contributed by atoms with Crippen LogP contribution in [0.2, 0.25) is 20.6 Å². The number of halogens is 7. The van der Waals surface area contributed by atoms with Crippen LogP contribution in [0.15, 0.2) is 102 Å². The number of benzene rings is 5. The van der Waals surface area contributed by atoms with E-state index in [0.717, 1.165) is 117 Å². The van der Waals surface area contributed by atoms with E-state index in [1.807, 2.05) is 82.3 Å². The van der Waals surface area contributed by atoms with Gasteiger partial charge in [0.1, 0.15) is 103 Å². The van der Waals surface area contributed by atoms with E-state index >= 15 is 0 Å². The molecule has 33 heteroatoms. The zero-order valence-corrected chi connectivity index (χ0v) is 55.9. The minimum absolute atomic E-state index is 0.0103. The average Bonchev–Trinajstić information content (AvgIpc) is 1.75. The SMILES string of the molecule is CCC(=O)O.CCc1nc(-c2ccc(C#N)c(F)c2)c(Cl)[nH]1.CCc1nc(-c2ccc3c(N)n[nH]c3c2)c(Cl)[nH]1.CCc1nc(-c2ccc3c(N)ncnc3c2)c(Cl)[nH]1.CCc1nc(-c2ccc3c(N)noc3c2)c(Cl)[nH]1.N#Cc1ccc(C(=O)CBr)cc1F.N=CN.NN. The standard InChI is InChI=1S/C13H12ClN5.C12H9ClFN3.C12H12ClN5.C12H11ClN4O.C9H5BrFNO.C3H6O2.CH4N2.H4N2/c1-2-10-18-11(12(14)19-10)7-3-4-8-9(5-7)16-6-17-13(8)15;1-2-10-16-11(12(13)17-10)7-3-4-8(6-15)9(14)5-7;1-2-9-15-10(11(13)16-9)6-3-4-7-8(5-6)17-18-12(7)14;1-2-9-15-10(11(13)16-9)6-3-4-7-8(5-6)18-17-12(7)14;10-4-9(13)6-1-2-7(5-12)8(11)3-6;1-2-3(4)5;2-1-3;1-2/h3-6H,2H2,1H3,(H,18,19)(H2,15,16,17);3-5H,2H2,1H3,(H,16,17);3-5H,2H2,1H3,(H,15,16)(H3,14,17,18);3-5H,2H2,1H3,(H2,14,17)(H,15,16);1-3H,4H2;2H2,1H3,(H,4,5);1H,(H3,2,3);1-2H2. The maximum Gasteiger partial charge on any atom is 0.303 e. The molecule has 0 unspecified atom stereocenters. The number of nitrogens with zero attached hydrogens (tertiary/aromatic N) is 10. The zero-order valence-electron chi connectivity index (χ0n) is 51.3. The van der Waals surface area contributed by atoms with Gasteiger partial charge in [-0.15, -0.1) is 0 Å². The van der Waals surface area contributed by atoms with Gasteiger partial charge in [0.25, 0.3) is 0 Å². The van der Waals surface area contributed by atoms with Crippen LogP contribution in [0, 0.1) is 39.7 Å². The minimum Gasteiger partial charge on any atom is -0.481 e. The number of aromatic nitrogens is 13. The fourth-order valence-corrected chi connectivity index (χ4v) is 9.52. The number of nitrogens with two attached hydrogens (primary N) is 6. The molecule has 0 radical (unpaired) electrons. The number of ketones is 1. The Kier molecular flexibility index (Phi) is 29.2. The number of hydrogen-bond donors (Lipinski definition) is 13. The molecule has 0 aliphatic heterocycles. The molecular weight excluding hydrogens is 1380 g/mol. The Morgan fingerprint density at radius 2 is 1.02 bits per heavy atom. The molecule has 0 saturated carbocycles. The first-order chi connectivity index (χ1) is 45.6. The highest BCUT2D eigenvalue weighted by molar-refractivity contribution is 9.09. The Hall–Kier alpha value is -10.4. The third-order valence-corrected chi connectivity index (χ3v) is 14.6. The summed E-state index contributed by atoms with van der Waals surface area (Å²) in [5, 5.41) is 45.9. The van der Waals surface area contributed by atoms with E-state index in [-0.39, 0.29) is 34.2 Å². The minimum atomic E-state index is -0.745. The van der Waals surface area contributed by atoms with Crippen molar-refractivity contribution in [2.24, 2.45) is 17.4 Å². The number of nitriles is 2. The average molecular weight is 1440 g/mol. The summed E-state index contributed by atoms with van der Waals surface area (Å²) in [5.41, 5.74) is 30.1. The molecule has 0 aliphatic carbocycles. The number of nitrogens with one attached hydrogen (secondary N) is 6. The molecule has 0 atom stereocenters. The number of carbonyl (C=O) groups is 2. The Bertz CT molecular complexity index is 4540. The van der Waals surface area contributed by atoms with Crippen LogP contribution in [0.1, 0.15) is 85.8 Å². The van der Waals surface area contributed by atoms with Crippen LogP contribution in [0.3, 0.4) is 0 Å². The van der Waals surface area contributed by atoms with Gasteiger partial charge in [-0.25, -0.2) is 38.7 Å². The highest BCUT2D eigenvalue weighted by Gasteiger charge is 2.17. The van der Waals surface area contributed by atoms with Crippen molar-refractivity contribution >= 4 is 131 Å². The smallest absolute Gasteiger partial charge is 0.303 e. The number of Topliss-reactive ketones (excluding diaryl/α,β-unsaturated/α-hetero) is 1. The van der Waals surface area contributed by atoms with E-state index < -0.39 is 17.6 Å². The maximum atomic E-state index is 13.5. The predicted octanol–water partition coefficient (Wildman–Crippen LogP) is 13.0. The van der Waals surface area contributed by atoms with Crippen molar-refractivity contribution in [3.63, 3.8) is 0 Å². The molecule has 12 rings (SSSR count). The molecule has 5 aromatic carbocycles. The molecule has 0 saturated heterocycles. The van der Waals surface area contributed by atoms with Gasteiger partial charge in [0, 0.05) is 70.7 Å². The topological polar surface area (TPSA) is 477 Å². The lowest BCUT2D eigenvalue weighted by Crippen LogP contribution is -2.02. The highest BCUT2D eigenvalue weighted by atomic mass is 79.9. The third kappa shape index (κ3) is 20.1. The van der Waals surface area contributed by atoms with Crippen LogP contribution in [-0.4, -0.2) is 93.7 Å². The molecule has 7 aromatic heterocycles. The number of anilines is 3. The van der Waals surface area contributed by atoms with Crippen molar-refractivity contribution in [1.82, 2.24) is 65.2 Å². The molecular formula is C62H63BrCl4F2N22O4. The van der Waals surface area contributed by atoms with Gasteiger partial charge in [-0.1, -0.05) is 126 Å². The molecule has 7 heterocycles. The summed E-state index contributed by atoms with van der Waals surface area (Å²) in [6.45, 7) is 9.60. The van der Waals surface area contributed by atoms with Crippen LogP contribution in [0.25, 0.3) is 77.8 Å². The molecule has 95 heavy (non-hydrogen) atoms. The maximum absolute atomic E-state index is 13.5. The second-order valence-electron chi connectivity index (χ2n) is 19.0. The van der Waals surface area contributed by atoms with Crippen LogP contribution >= 0.6 is 62.3 Å². The summed E-state index contributed by atoms with van der Waals surface area (Å²) in [7, 11) is 0. The summed E-state index contributed by atoms with van der Waals surface area (Å²) in [5.74, 6) is 10.5. The Balaban J connectivity index is 0.000000208. The monoisotopic (exact) mass is 1440 g/mol. The molecule has 494 valence electrons. The first-order valence-corrected chi connectivity index (χ1v) is 30.8. The number of aliphatic carboxylic acids is 1. The van der Waals surface area contributed by atoms with Crippen molar-refractivity contribution in [1.29, 1.82) is 15.9 Å². The van der Waals surface area contributed by atoms with Gasteiger partial charge in [0.15, 0.2) is 23.0 Å². The molecule has 0 aliphatic rings. The number of imidazole rings is 4. The van der Waals surface area contributed by atoms with Crippen molar-refractivity contribution in [3.05, 3.63) is 170 Å². The Morgan fingerprint density at radius 1 is 0.611 bits per heavy atom. The van der Waals surface area contributed by atoms with Crippen LogP contribution in [0.5, 0.6) is 0 Å². The number of fused-ring (bicyclic) bond motifs is 3. The summed E-state index contributed by atoms with van der Waals surface area (Å²) >= 11 is 27.4. The largest absolute Gasteiger partial charge is 0.481 e. The zero-order chi connectivity index (χ0) is 70.1. The predicted molar refractivity (Wildman–Crippen MR) is 370 cm³/mol. The van der Waals surface area contributed by atoms with Crippen molar-refractivity contribution < 1.29 is 28.0 Å². The molecule has 19 N–H and O–H groups in total. The summed E-state index contributed by atoms with van der Waals surface area (Å²) in [4.78, 5) is 58.3. The molecule has 0 fully saturated rings. The lowest BCUT2D eigenvalue weighted by Gasteiger charge is -2.02. The highest BCUT2D eigenvalue weighted by Crippen LogP contribution is 2.33. The Labute approximate surface area is 569 Å². The molecule has 12 aromatic rings. The van der Waals surface area contributed by atoms with E-state index in [9.17, 15) is 18.4 Å². The van der Waals surface area contributed by atoms with Crippen molar-refractivity contribution in [2.75, 3.05) is 22.5 Å². The van der Waals surface area contributed by atoms with Crippen LogP contribution in [-0.2, 0) is 30.5 Å². The number of hydrazine groups is 1. The van der Waals surface area contributed by atoms with Crippen molar-refractivity contribution in [2.45, 2.75) is 66.7 Å². The van der Waals surface area contributed by atoms with E-state index in [0.29, 0.717) is 60.6 Å². The molecule has 0 spiro atoms. The lowest BCUT2D eigenvalue weighted by molar-refractivity contribution is -0.136. The van der Waals surface area contributed by atoms with Crippen molar-refractivity contribution in [3.8, 4) is 57.2 Å². The number of nitrogen functional groups attached to an aromatic ring is 3. The van der Waals surface area contributed by atoms with E-state index in [2.05, 4.69) is 98.5 Å². The van der Waals surface area contributed by atoms with Gasteiger partial charge in [-0.05, 0) is 66.7 Å². The second kappa shape index (κ2) is 36.8. The first kappa shape index (κ1) is 75.4. The van der Waals surface area contributed by atoms with Gasteiger partial charge in [0.05, 0.1) is 39.2 Å². The fraction of sp³-hybridized carbons (Fsp3) is 0.177. The normalized spacial score (nSPS) is 10.1.